The summed E-state index contributed by atoms with van der Waals surface area (Å²) in [7, 11) is 2.08. The zero-order valence-corrected chi connectivity index (χ0v) is 14.5. The fraction of sp³-hybridized carbons (Fsp3) is 0.231. The minimum Gasteiger partial charge on any atom is -0.366 e. The van der Waals surface area contributed by atoms with E-state index in [1.54, 1.807) is 6.33 Å². The first-order chi connectivity index (χ1) is 8.59. The number of hydrogen-bond donors (Lipinski definition) is 0. The highest BCUT2D eigenvalue weighted by Crippen LogP contribution is 2.25. The number of aryl methyl sites for hydroxylation is 1. The van der Waals surface area contributed by atoms with Crippen LogP contribution in [0.25, 0.3) is 0 Å². The molecule has 0 aliphatic heterocycles. The van der Waals surface area contributed by atoms with Gasteiger partial charge in [0.25, 0.3) is 0 Å². The third kappa shape index (κ3) is 3.11. The van der Waals surface area contributed by atoms with Gasteiger partial charge in [-0.2, -0.15) is 0 Å². The van der Waals surface area contributed by atoms with E-state index in [-0.39, 0.29) is 0 Å². The fourth-order valence-electron chi connectivity index (χ4n) is 1.77. The Morgan fingerprint density at radius 3 is 2.33 bits per heavy atom. The highest BCUT2D eigenvalue weighted by atomic mass is 127. The van der Waals surface area contributed by atoms with Crippen molar-refractivity contribution in [1.29, 1.82) is 0 Å². The van der Waals surface area contributed by atoms with Crippen LogP contribution in [0.2, 0.25) is 0 Å². The van der Waals surface area contributed by atoms with E-state index in [2.05, 4.69) is 98.3 Å². The SMILES string of the molecule is Cc1ccccc1CN(C)c1c(I)ncnc1I. The smallest absolute Gasteiger partial charge is 0.129 e. The van der Waals surface area contributed by atoms with Crippen LogP contribution in [0.5, 0.6) is 0 Å². The van der Waals surface area contributed by atoms with Gasteiger partial charge in [0.2, 0.25) is 0 Å². The average Bonchev–Trinajstić information content (AvgIpc) is 2.32. The molecule has 0 bridgehead atoms. The number of aromatic nitrogens is 2. The average molecular weight is 465 g/mol. The first-order valence-corrected chi connectivity index (χ1v) is 7.67. The van der Waals surface area contributed by atoms with E-state index in [4.69, 9.17) is 0 Å². The Hall–Kier alpha value is -0.440. The number of rotatable bonds is 3. The molecule has 1 aromatic carbocycles. The molecule has 0 atom stereocenters. The molecule has 2 rings (SSSR count). The van der Waals surface area contributed by atoms with Gasteiger partial charge in [-0.1, -0.05) is 24.3 Å². The van der Waals surface area contributed by atoms with Gasteiger partial charge in [-0.25, -0.2) is 9.97 Å². The molecule has 0 spiro atoms. The minimum absolute atomic E-state index is 0.867. The maximum absolute atomic E-state index is 4.25. The van der Waals surface area contributed by atoms with Crippen LogP contribution in [0, 0.1) is 14.3 Å². The summed E-state index contributed by atoms with van der Waals surface area (Å²) in [5.74, 6) is 0. The zero-order chi connectivity index (χ0) is 13.1. The Morgan fingerprint density at radius 1 is 1.11 bits per heavy atom. The van der Waals surface area contributed by atoms with Crippen molar-refractivity contribution in [3.63, 3.8) is 0 Å². The molecule has 18 heavy (non-hydrogen) atoms. The molecule has 5 heteroatoms. The quantitative estimate of drug-likeness (QED) is 0.513. The number of nitrogens with zero attached hydrogens (tertiary/aromatic N) is 3. The highest BCUT2D eigenvalue weighted by Gasteiger charge is 2.13. The van der Waals surface area contributed by atoms with Gasteiger partial charge in [0.15, 0.2) is 0 Å². The summed E-state index contributed by atoms with van der Waals surface area (Å²) in [6.45, 7) is 3.01. The van der Waals surface area contributed by atoms with E-state index >= 15 is 0 Å². The van der Waals surface area contributed by atoms with Crippen molar-refractivity contribution >= 4 is 50.9 Å². The van der Waals surface area contributed by atoms with Gasteiger partial charge in [0.05, 0.1) is 0 Å². The summed E-state index contributed by atoms with van der Waals surface area (Å²) in [6, 6.07) is 8.45. The largest absolute Gasteiger partial charge is 0.366 e. The number of anilines is 1. The topological polar surface area (TPSA) is 29.0 Å². The Morgan fingerprint density at radius 2 is 1.72 bits per heavy atom. The first kappa shape index (κ1) is 14.0. The first-order valence-electron chi connectivity index (χ1n) is 5.51. The predicted molar refractivity (Wildman–Crippen MR) is 90.8 cm³/mol. The summed E-state index contributed by atoms with van der Waals surface area (Å²) in [4.78, 5) is 10.7. The second kappa shape index (κ2) is 6.14. The van der Waals surface area contributed by atoms with Gasteiger partial charge in [-0.05, 0) is 63.2 Å². The second-order valence-corrected chi connectivity index (χ2v) is 6.13. The molecule has 0 radical (unpaired) electrons. The van der Waals surface area contributed by atoms with Gasteiger partial charge in [-0.15, -0.1) is 0 Å². The number of halogens is 2. The van der Waals surface area contributed by atoms with Crippen LogP contribution in [-0.4, -0.2) is 17.0 Å². The van der Waals surface area contributed by atoms with Crippen molar-refractivity contribution < 1.29 is 0 Å². The van der Waals surface area contributed by atoms with E-state index in [0.29, 0.717) is 0 Å². The maximum atomic E-state index is 4.25. The molecule has 0 aliphatic carbocycles. The van der Waals surface area contributed by atoms with Crippen molar-refractivity contribution in [2.75, 3.05) is 11.9 Å². The van der Waals surface area contributed by atoms with Crippen LogP contribution in [0.15, 0.2) is 30.6 Å². The van der Waals surface area contributed by atoms with Crippen molar-refractivity contribution in [3.8, 4) is 0 Å². The lowest BCUT2D eigenvalue weighted by Gasteiger charge is -2.22. The van der Waals surface area contributed by atoms with Crippen molar-refractivity contribution in [2.24, 2.45) is 0 Å². The summed E-state index contributed by atoms with van der Waals surface area (Å²) in [6.07, 6.45) is 1.61. The summed E-state index contributed by atoms with van der Waals surface area (Å²) in [5, 5.41) is 0. The standard InChI is InChI=1S/C13H13I2N3/c1-9-5-3-4-6-10(9)7-18(2)11-12(14)16-8-17-13(11)15/h3-6,8H,7H2,1-2H3. The van der Waals surface area contributed by atoms with E-state index in [1.807, 2.05) is 0 Å². The molecule has 0 fully saturated rings. The molecule has 94 valence electrons. The predicted octanol–water partition coefficient (Wildman–Crippen LogP) is 3.63. The molecular formula is C13H13I2N3. The lowest BCUT2D eigenvalue weighted by molar-refractivity contribution is 0.888. The maximum Gasteiger partial charge on any atom is 0.129 e. The third-order valence-electron chi connectivity index (χ3n) is 2.78. The van der Waals surface area contributed by atoms with Crippen LogP contribution in [0.4, 0.5) is 5.69 Å². The molecule has 1 heterocycles. The molecule has 3 nitrogen and oxygen atoms in total. The van der Waals surface area contributed by atoms with Gasteiger partial charge in [0.1, 0.15) is 19.4 Å². The Kier molecular flexibility index (Phi) is 4.77. The van der Waals surface area contributed by atoms with E-state index < -0.39 is 0 Å². The molecule has 1 aromatic heterocycles. The van der Waals surface area contributed by atoms with Gasteiger partial charge < -0.3 is 4.90 Å². The lowest BCUT2D eigenvalue weighted by Crippen LogP contribution is -2.20. The van der Waals surface area contributed by atoms with Crippen molar-refractivity contribution in [3.05, 3.63) is 49.1 Å². The fourth-order valence-corrected chi connectivity index (χ4v) is 3.87. The van der Waals surface area contributed by atoms with E-state index in [9.17, 15) is 0 Å². The molecule has 2 aromatic rings. The monoisotopic (exact) mass is 465 g/mol. The summed E-state index contributed by atoms with van der Waals surface area (Å²) >= 11 is 4.51. The lowest BCUT2D eigenvalue weighted by atomic mass is 10.1. The van der Waals surface area contributed by atoms with Gasteiger partial charge >= 0.3 is 0 Å². The molecule has 0 saturated carbocycles. The third-order valence-corrected chi connectivity index (χ3v) is 4.36. The molecular weight excluding hydrogens is 452 g/mol. The molecule has 0 aliphatic rings. The Bertz CT molecular complexity index is 537. The molecule has 0 saturated heterocycles. The molecule has 0 N–H and O–H groups in total. The van der Waals surface area contributed by atoms with Gasteiger partial charge in [-0.3, -0.25) is 0 Å². The van der Waals surface area contributed by atoms with E-state index in [0.717, 1.165) is 19.6 Å². The normalized spacial score (nSPS) is 10.4. The van der Waals surface area contributed by atoms with Gasteiger partial charge in [0, 0.05) is 13.6 Å². The number of hydrogen-bond acceptors (Lipinski definition) is 3. The van der Waals surface area contributed by atoms with Crippen LogP contribution >= 0.6 is 45.2 Å². The van der Waals surface area contributed by atoms with Crippen LogP contribution < -0.4 is 4.90 Å². The highest BCUT2D eigenvalue weighted by molar-refractivity contribution is 14.1. The van der Waals surface area contributed by atoms with Crippen LogP contribution in [0.3, 0.4) is 0 Å². The Balaban J connectivity index is 2.28. The zero-order valence-electron chi connectivity index (χ0n) is 10.2. The van der Waals surface area contributed by atoms with Crippen LogP contribution in [-0.2, 0) is 6.54 Å². The minimum atomic E-state index is 0.867. The summed E-state index contributed by atoms with van der Waals surface area (Å²) in [5.41, 5.74) is 3.74. The summed E-state index contributed by atoms with van der Waals surface area (Å²) < 4.78 is 1.98. The van der Waals surface area contributed by atoms with E-state index in [1.165, 1.54) is 11.1 Å². The number of benzene rings is 1. The van der Waals surface area contributed by atoms with Crippen molar-refractivity contribution in [1.82, 2.24) is 9.97 Å². The second-order valence-electron chi connectivity index (χ2n) is 4.09. The van der Waals surface area contributed by atoms with Crippen molar-refractivity contribution in [2.45, 2.75) is 13.5 Å². The molecule has 0 amide bonds. The molecule has 0 unspecified atom stereocenters. The van der Waals surface area contributed by atoms with Crippen LogP contribution in [0.1, 0.15) is 11.1 Å². The Labute approximate surface area is 134 Å².